The maximum atomic E-state index is 13.0. The first-order valence-corrected chi connectivity index (χ1v) is 10.8. The number of hydrogen-bond acceptors (Lipinski definition) is 4. The molecule has 0 unspecified atom stereocenters. The molecule has 0 bridgehead atoms. The van der Waals surface area contributed by atoms with Crippen molar-refractivity contribution in [2.24, 2.45) is 22.2 Å². The van der Waals surface area contributed by atoms with Crippen molar-refractivity contribution in [2.45, 2.75) is 37.8 Å². The topological polar surface area (TPSA) is 166 Å². The second-order valence-corrected chi connectivity index (χ2v) is 7.96. The molecular weight excluding hydrogens is 444 g/mol. The molecule has 3 amide bonds. The third-order valence-electron chi connectivity index (χ3n) is 4.82. The predicted molar refractivity (Wildman–Crippen MR) is 128 cm³/mol. The van der Waals surface area contributed by atoms with Crippen LogP contribution in [-0.4, -0.2) is 42.3 Å². The van der Waals surface area contributed by atoms with E-state index in [1.54, 1.807) is 24.3 Å². The average molecular weight is 473 g/mol. The Morgan fingerprint density at radius 2 is 1.55 bits per heavy atom. The van der Waals surface area contributed by atoms with E-state index in [0.29, 0.717) is 18.0 Å². The molecule has 2 aromatic carbocycles. The number of hydrogen-bond donors (Lipinski definition) is 5. The van der Waals surface area contributed by atoms with Crippen molar-refractivity contribution < 1.29 is 14.4 Å². The smallest absolute Gasteiger partial charge is 0.243 e. The van der Waals surface area contributed by atoms with Gasteiger partial charge in [0.05, 0.1) is 6.42 Å². The second-order valence-electron chi connectivity index (χ2n) is 7.53. The summed E-state index contributed by atoms with van der Waals surface area (Å²) in [5.41, 5.74) is 17.8. The quantitative estimate of drug-likeness (QED) is 0.173. The van der Waals surface area contributed by atoms with E-state index in [1.165, 1.54) is 0 Å². The molecule has 2 aromatic rings. The minimum absolute atomic E-state index is 0.0561. The molecule has 33 heavy (non-hydrogen) atoms. The Bertz CT molecular complexity index is 962. The number of carbonyl (C=O) groups is 3. The summed E-state index contributed by atoms with van der Waals surface area (Å²) in [4.78, 5) is 41.4. The van der Waals surface area contributed by atoms with Crippen molar-refractivity contribution in [3.05, 3.63) is 70.7 Å². The van der Waals surface area contributed by atoms with Gasteiger partial charge in [0.25, 0.3) is 0 Å². The molecular formula is C23H29ClN6O3. The van der Waals surface area contributed by atoms with E-state index in [9.17, 15) is 14.4 Å². The highest BCUT2D eigenvalue weighted by Crippen LogP contribution is 2.10. The van der Waals surface area contributed by atoms with Crippen molar-refractivity contribution in [1.29, 1.82) is 0 Å². The number of nitrogens with zero attached hydrogens (tertiary/aromatic N) is 1. The summed E-state index contributed by atoms with van der Waals surface area (Å²) < 4.78 is 0. The lowest BCUT2D eigenvalue weighted by molar-refractivity contribution is -0.131. The number of benzene rings is 2. The van der Waals surface area contributed by atoms with Gasteiger partial charge in [-0.2, -0.15) is 0 Å². The zero-order chi connectivity index (χ0) is 24.2. The van der Waals surface area contributed by atoms with Crippen LogP contribution in [-0.2, 0) is 27.2 Å². The van der Waals surface area contributed by atoms with Crippen LogP contribution in [0.3, 0.4) is 0 Å². The van der Waals surface area contributed by atoms with Gasteiger partial charge in [0.15, 0.2) is 5.96 Å². The first-order valence-electron chi connectivity index (χ1n) is 10.5. The van der Waals surface area contributed by atoms with Crippen LogP contribution >= 0.6 is 11.6 Å². The van der Waals surface area contributed by atoms with Crippen LogP contribution in [0.25, 0.3) is 0 Å². The van der Waals surface area contributed by atoms with Gasteiger partial charge >= 0.3 is 0 Å². The molecule has 8 N–H and O–H groups in total. The molecule has 0 saturated heterocycles. The maximum absolute atomic E-state index is 13.0. The number of guanidine groups is 1. The largest absolute Gasteiger partial charge is 0.370 e. The lowest BCUT2D eigenvalue weighted by Gasteiger charge is -2.22. The Morgan fingerprint density at radius 3 is 2.15 bits per heavy atom. The second kappa shape index (κ2) is 13.1. The summed E-state index contributed by atoms with van der Waals surface area (Å²) in [6, 6.07) is 14.2. The van der Waals surface area contributed by atoms with Gasteiger partial charge in [0.2, 0.25) is 17.7 Å². The van der Waals surface area contributed by atoms with Gasteiger partial charge in [0, 0.05) is 18.0 Å². The van der Waals surface area contributed by atoms with Crippen molar-refractivity contribution in [2.75, 3.05) is 6.54 Å². The molecule has 0 spiro atoms. The number of carbonyl (C=O) groups excluding carboxylic acids is 3. The van der Waals surface area contributed by atoms with Crippen LogP contribution in [0.1, 0.15) is 24.0 Å². The summed E-state index contributed by atoms with van der Waals surface area (Å²) in [6.45, 7) is 0.294. The van der Waals surface area contributed by atoms with Crippen LogP contribution in [0.15, 0.2) is 59.6 Å². The minimum Gasteiger partial charge on any atom is -0.370 e. The van der Waals surface area contributed by atoms with Gasteiger partial charge in [-0.05, 0) is 36.1 Å². The molecule has 0 aliphatic carbocycles. The zero-order valence-electron chi connectivity index (χ0n) is 18.2. The molecule has 0 heterocycles. The Labute approximate surface area is 197 Å². The normalized spacial score (nSPS) is 12.3. The van der Waals surface area contributed by atoms with Crippen LogP contribution in [0.4, 0.5) is 0 Å². The molecule has 10 heteroatoms. The molecule has 0 radical (unpaired) electrons. The Balaban J connectivity index is 2.06. The number of nitrogens with two attached hydrogens (primary N) is 3. The van der Waals surface area contributed by atoms with Crippen molar-refractivity contribution >= 4 is 35.3 Å². The fourth-order valence-corrected chi connectivity index (χ4v) is 3.28. The van der Waals surface area contributed by atoms with E-state index in [4.69, 9.17) is 28.8 Å². The summed E-state index contributed by atoms with van der Waals surface area (Å²) in [7, 11) is 0. The summed E-state index contributed by atoms with van der Waals surface area (Å²) in [5, 5.41) is 5.95. The highest BCUT2D eigenvalue weighted by Gasteiger charge is 2.25. The van der Waals surface area contributed by atoms with Gasteiger partial charge in [-0.1, -0.05) is 54.1 Å². The molecule has 2 rings (SSSR count). The van der Waals surface area contributed by atoms with E-state index in [-0.39, 0.29) is 31.1 Å². The van der Waals surface area contributed by atoms with E-state index >= 15 is 0 Å². The fourth-order valence-electron chi connectivity index (χ4n) is 3.15. The highest BCUT2D eigenvalue weighted by atomic mass is 35.5. The van der Waals surface area contributed by atoms with Crippen LogP contribution < -0.4 is 27.8 Å². The number of amides is 3. The third-order valence-corrected chi connectivity index (χ3v) is 5.07. The first-order chi connectivity index (χ1) is 15.7. The molecule has 9 nitrogen and oxygen atoms in total. The number of rotatable bonds is 12. The number of halogens is 1. The summed E-state index contributed by atoms with van der Waals surface area (Å²) in [5.74, 6) is -1.58. The standard InChI is InChI=1S/C23H29ClN6O3/c24-17-10-8-16(9-11-17)14-20(31)29-18(7-4-12-28-23(26)27)22(33)30-19(21(25)32)13-15-5-2-1-3-6-15/h1-3,5-6,8-11,18-19H,4,7,12-14H2,(H2,25,32)(H,29,31)(H,30,33)(H4,26,27,28)/t18-,19-/m0/s1. The van der Waals surface area contributed by atoms with Gasteiger partial charge < -0.3 is 27.8 Å². The van der Waals surface area contributed by atoms with Crippen LogP contribution in [0.5, 0.6) is 0 Å². The summed E-state index contributed by atoms with van der Waals surface area (Å²) in [6.07, 6.45) is 1.02. The SMILES string of the molecule is NC(=O)[C@H](Cc1ccccc1)NC(=O)[C@H](CCCN=C(N)N)NC(=O)Cc1ccc(Cl)cc1. The molecule has 0 aromatic heterocycles. The van der Waals surface area contributed by atoms with Gasteiger partial charge in [0.1, 0.15) is 12.1 Å². The molecule has 176 valence electrons. The van der Waals surface area contributed by atoms with Gasteiger partial charge in [-0.3, -0.25) is 19.4 Å². The monoisotopic (exact) mass is 472 g/mol. The van der Waals surface area contributed by atoms with E-state index in [1.807, 2.05) is 30.3 Å². The van der Waals surface area contributed by atoms with E-state index < -0.39 is 23.9 Å². The average Bonchev–Trinajstić information content (AvgIpc) is 2.77. The Hall–Kier alpha value is -3.59. The number of primary amides is 1. The van der Waals surface area contributed by atoms with Crippen molar-refractivity contribution in [3.63, 3.8) is 0 Å². The molecule has 0 saturated carbocycles. The molecule has 2 atom stereocenters. The number of nitrogens with one attached hydrogen (secondary N) is 2. The zero-order valence-corrected chi connectivity index (χ0v) is 18.9. The fraction of sp³-hybridized carbons (Fsp3) is 0.304. The molecule has 0 aliphatic heterocycles. The minimum atomic E-state index is -0.923. The van der Waals surface area contributed by atoms with Crippen molar-refractivity contribution in [1.82, 2.24) is 10.6 Å². The van der Waals surface area contributed by atoms with Crippen molar-refractivity contribution in [3.8, 4) is 0 Å². The first kappa shape index (κ1) is 25.7. The Kier molecular flexibility index (Phi) is 10.2. The van der Waals surface area contributed by atoms with Crippen LogP contribution in [0.2, 0.25) is 5.02 Å². The highest BCUT2D eigenvalue weighted by molar-refractivity contribution is 6.30. The lowest BCUT2D eigenvalue weighted by Crippen LogP contribution is -2.53. The summed E-state index contributed by atoms with van der Waals surface area (Å²) >= 11 is 5.88. The maximum Gasteiger partial charge on any atom is 0.243 e. The molecule has 0 aliphatic rings. The predicted octanol–water partition coefficient (Wildman–Crippen LogP) is 0.634. The lowest BCUT2D eigenvalue weighted by atomic mass is 10.0. The van der Waals surface area contributed by atoms with Gasteiger partial charge in [-0.25, -0.2) is 0 Å². The van der Waals surface area contributed by atoms with Crippen LogP contribution in [0, 0.1) is 0 Å². The molecule has 0 fully saturated rings. The number of aliphatic imine (C=N–C) groups is 1. The Morgan fingerprint density at radius 1 is 0.879 bits per heavy atom. The van der Waals surface area contributed by atoms with E-state index in [0.717, 1.165) is 11.1 Å². The third kappa shape index (κ3) is 9.61. The van der Waals surface area contributed by atoms with E-state index in [2.05, 4.69) is 15.6 Å². The van der Waals surface area contributed by atoms with Gasteiger partial charge in [-0.15, -0.1) is 0 Å².